The molecule has 2 N–H and O–H groups in total. The van der Waals surface area contributed by atoms with E-state index >= 15 is 0 Å². The van der Waals surface area contributed by atoms with E-state index in [1.54, 1.807) is 0 Å². The summed E-state index contributed by atoms with van der Waals surface area (Å²) in [4.78, 5) is 13.6. The molecule has 0 bridgehead atoms. The number of carbonyl (C=O) groups excluding carboxylic acids is 1. The number of nitrogens with zero attached hydrogens (tertiary/aromatic N) is 1. The van der Waals surface area contributed by atoms with Crippen molar-refractivity contribution in [2.24, 2.45) is 0 Å². The van der Waals surface area contributed by atoms with E-state index in [0.717, 1.165) is 61.5 Å². The lowest BCUT2D eigenvalue weighted by atomic mass is 9.99. The normalized spacial score (nSPS) is 24.2. The molecular weight excluding hydrogens is 408 g/mol. The van der Waals surface area contributed by atoms with Crippen LogP contribution in [-0.4, -0.2) is 54.9 Å². The van der Waals surface area contributed by atoms with E-state index in [2.05, 4.69) is 10.2 Å². The fourth-order valence-corrected chi connectivity index (χ4v) is 4.12. The molecule has 0 saturated carbocycles. The van der Waals surface area contributed by atoms with E-state index in [-0.39, 0.29) is 24.7 Å². The first-order valence-electron chi connectivity index (χ1n) is 11.2. The molecule has 0 aromatic heterocycles. The van der Waals surface area contributed by atoms with Crippen molar-refractivity contribution >= 4 is 5.91 Å². The second kappa shape index (κ2) is 11.0. The zero-order valence-electron chi connectivity index (χ0n) is 18.5. The highest BCUT2D eigenvalue weighted by Gasteiger charge is 2.33. The fourth-order valence-electron chi connectivity index (χ4n) is 4.12. The maximum Gasteiger partial charge on any atom is 0.217 e. The van der Waals surface area contributed by atoms with Gasteiger partial charge in [0.2, 0.25) is 5.91 Å². The van der Waals surface area contributed by atoms with E-state index in [0.29, 0.717) is 6.54 Å². The Morgan fingerprint density at radius 2 is 1.66 bits per heavy atom. The Bertz CT molecular complexity index is 865. The predicted octanol–water partition coefficient (Wildman–Crippen LogP) is 2.69. The van der Waals surface area contributed by atoms with Gasteiger partial charge in [-0.3, -0.25) is 9.69 Å². The molecule has 1 amide bonds. The number of aliphatic hydroxyl groups excluding tert-OH is 1. The van der Waals surface area contributed by atoms with Crippen molar-refractivity contribution in [3.8, 4) is 0 Å². The topological polar surface area (TPSA) is 80.3 Å². The molecule has 2 aromatic rings. The smallest absolute Gasteiger partial charge is 0.217 e. The number of nitrogens with one attached hydrogen (secondary N) is 1. The molecule has 7 heteroatoms. The second-order valence-corrected chi connectivity index (χ2v) is 8.41. The van der Waals surface area contributed by atoms with Gasteiger partial charge in [0.1, 0.15) is 0 Å². The van der Waals surface area contributed by atoms with Crippen LogP contribution in [0.3, 0.4) is 0 Å². The van der Waals surface area contributed by atoms with Crippen LogP contribution in [0.15, 0.2) is 48.5 Å². The number of carbonyl (C=O) groups is 1. The Kier molecular flexibility index (Phi) is 7.89. The minimum atomic E-state index is -0.466. The number of benzene rings is 2. The maximum atomic E-state index is 11.2. The molecule has 172 valence electrons. The highest BCUT2D eigenvalue weighted by Crippen LogP contribution is 2.38. The molecule has 0 spiro atoms. The summed E-state index contributed by atoms with van der Waals surface area (Å²) >= 11 is 0. The van der Waals surface area contributed by atoms with Gasteiger partial charge in [0.15, 0.2) is 6.29 Å². The zero-order valence-corrected chi connectivity index (χ0v) is 18.5. The van der Waals surface area contributed by atoms with Crippen LogP contribution in [0.4, 0.5) is 0 Å². The second-order valence-electron chi connectivity index (χ2n) is 8.41. The molecule has 2 fully saturated rings. The van der Waals surface area contributed by atoms with Gasteiger partial charge in [0, 0.05) is 45.1 Å². The van der Waals surface area contributed by atoms with E-state index in [9.17, 15) is 9.90 Å². The summed E-state index contributed by atoms with van der Waals surface area (Å²) in [5, 5.41) is 12.2. The van der Waals surface area contributed by atoms with Crippen molar-refractivity contribution in [3.05, 3.63) is 70.8 Å². The summed E-state index contributed by atoms with van der Waals surface area (Å²) in [6.07, 6.45) is 0.250. The van der Waals surface area contributed by atoms with Gasteiger partial charge in [-0.05, 0) is 16.7 Å². The van der Waals surface area contributed by atoms with Crippen LogP contribution < -0.4 is 5.32 Å². The molecule has 3 atom stereocenters. The van der Waals surface area contributed by atoms with Gasteiger partial charge in [-0.15, -0.1) is 0 Å². The lowest BCUT2D eigenvalue weighted by Gasteiger charge is -2.39. The number of amides is 1. The molecule has 2 heterocycles. The van der Waals surface area contributed by atoms with Crippen molar-refractivity contribution in [3.63, 3.8) is 0 Å². The standard InChI is InChI=1S/C25H32N2O5/c1-18(29)26-15-19-2-8-22(9-3-19)25-31-23(16-27-10-12-30-13-11-27)14-24(32-25)21-6-4-20(17-28)5-7-21/h2-9,23-25,28H,10-17H2,1H3,(H,26,29)/t23-,24+,25+/m0/s1. The summed E-state index contributed by atoms with van der Waals surface area (Å²) in [5.74, 6) is -0.0472. The minimum absolute atomic E-state index is 0.0298. The Labute approximate surface area is 189 Å². The van der Waals surface area contributed by atoms with Gasteiger partial charge < -0.3 is 24.6 Å². The maximum absolute atomic E-state index is 11.2. The first-order chi connectivity index (χ1) is 15.6. The highest BCUT2D eigenvalue weighted by atomic mass is 16.7. The summed E-state index contributed by atoms with van der Waals surface area (Å²) < 4.78 is 18.3. The first kappa shape index (κ1) is 22.9. The van der Waals surface area contributed by atoms with Gasteiger partial charge in [0.05, 0.1) is 32.0 Å². The number of ether oxygens (including phenoxy) is 3. The average molecular weight is 441 g/mol. The number of rotatable bonds is 7. The van der Waals surface area contributed by atoms with Crippen molar-refractivity contribution in [2.75, 3.05) is 32.8 Å². The summed E-state index contributed by atoms with van der Waals surface area (Å²) in [6.45, 7) is 6.24. The third-order valence-corrected chi connectivity index (χ3v) is 5.97. The van der Waals surface area contributed by atoms with E-state index in [1.807, 2.05) is 48.5 Å². The highest BCUT2D eigenvalue weighted by molar-refractivity contribution is 5.72. The fraction of sp³-hybridized carbons (Fsp3) is 0.480. The summed E-state index contributed by atoms with van der Waals surface area (Å²) in [7, 11) is 0. The van der Waals surface area contributed by atoms with Crippen LogP contribution in [0.5, 0.6) is 0 Å². The molecular formula is C25H32N2O5. The van der Waals surface area contributed by atoms with Gasteiger partial charge in [0.25, 0.3) is 0 Å². The summed E-state index contributed by atoms with van der Waals surface area (Å²) in [5.41, 5.74) is 3.96. The van der Waals surface area contributed by atoms with Crippen LogP contribution in [0.2, 0.25) is 0 Å². The SMILES string of the molecule is CC(=O)NCc1ccc([C@@H]2O[C@H](CN3CCOCC3)C[C@H](c3ccc(CO)cc3)O2)cc1. The van der Waals surface area contributed by atoms with Gasteiger partial charge >= 0.3 is 0 Å². The van der Waals surface area contributed by atoms with Crippen LogP contribution in [0, 0.1) is 0 Å². The number of hydrogen-bond donors (Lipinski definition) is 2. The molecule has 0 radical (unpaired) electrons. The number of morpholine rings is 1. The Balaban J connectivity index is 1.49. The van der Waals surface area contributed by atoms with Crippen LogP contribution in [0.1, 0.15) is 48.0 Å². The summed E-state index contributed by atoms with van der Waals surface area (Å²) in [6, 6.07) is 15.9. The van der Waals surface area contributed by atoms with Crippen molar-refractivity contribution in [2.45, 2.75) is 45.0 Å². The Hall–Kier alpha value is -2.29. The van der Waals surface area contributed by atoms with Crippen molar-refractivity contribution in [1.82, 2.24) is 10.2 Å². The van der Waals surface area contributed by atoms with Crippen LogP contribution in [0.25, 0.3) is 0 Å². The average Bonchev–Trinajstić information content (AvgIpc) is 2.83. The van der Waals surface area contributed by atoms with Crippen molar-refractivity contribution < 1.29 is 24.1 Å². The van der Waals surface area contributed by atoms with E-state index < -0.39 is 6.29 Å². The molecule has 2 aromatic carbocycles. The molecule has 2 aliphatic heterocycles. The van der Waals surface area contributed by atoms with E-state index in [1.165, 1.54) is 6.92 Å². The van der Waals surface area contributed by atoms with Crippen molar-refractivity contribution in [1.29, 1.82) is 0 Å². The molecule has 0 aliphatic carbocycles. The van der Waals surface area contributed by atoms with Gasteiger partial charge in [-0.1, -0.05) is 48.5 Å². The van der Waals surface area contributed by atoms with Crippen LogP contribution in [-0.2, 0) is 32.2 Å². The monoisotopic (exact) mass is 440 g/mol. The minimum Gasteiger partial charge on any atom is -0.392 e. The van der Waals surface area contributed by atoms with E-state index in [4.69, 9.17) is 14.2 Å². The molecule has 0 unspecified atom stereocenters. The largest absolute Gasteiger partial charge is 0.392 e. The molecule has 2 aliphatic rings. The first-order valence-corrected chi connectivity index (χ1v) is 11.2. The molecule has 32 heavy (non-hydrogen) atoms. The number of hydrogen-bond acceptors (Lipinski definition) is 6. The van der Waals surface area contributed by atoms with Crippen LogP contribution >= 0.6 is 0 Å². The third-order valence-electron chi connectivity index (χ3n) is 5.97. The Morgan fingerprint density at radius 1 is 1.00 bits per heavy atom. The third kappa shape index (κ3) is 6.15. The molecule has 2 saturated heterocycles. The zero-order chi connectivity index (χ0) is 22.3. The number of aliphatic hydroxyl groups is 1. The lowest BCUT2D eigenvalue weighted by Crippen LogP contribution is -2.44. The molecule has 4 rings (SSSR count). The predicted molar refractivity (Wildman–Crippen MR) is 120 cm³/mol. The lowest BCUT2D eigenvalue weighted by molar-refractivity contribution is -0.253. The Morgan fingerprint density at radius 3 is 2.31 bits per heavy atom. The van der Waals surface area contributed by atoms with Gasteiger partial charge in [-0.2, -0.15) is 0 Å². The quantitative estimate of drug-likeness (QED) is 0.689. The molecule has 7 nitrogen and oxygen atoms in total. The van der Waals surface area contributed by atoms with Gasteiger partial charge in [-0.25, -0.2) is 0 Å².